The van der Waals surface area contributed by atoms with E-state index in [9.17, 15) is 0 Å². The third kappa shape index (κ3) is 3.63. The van der Waals surface area contributed by atoms with Crippen LogP contribution in [0.25, 0.3) is 10.8 Å². The molecule has 1 atom stereocenters. The van der Waals surface area contributed by atoms with E-state index in [1.807, 2.05) is 0 Å². The standard InChI is InChI=1S/C19H26N2/c1-2-21(15-18-11-5-6-13-20-18)14-17-10-7-9-16-8-3-4-12-19(16)17/h3-4,7-10,12,18,20H,2,5-6,11,13-15H2,1H3. The maximum Gasteiger partial charge on any atom is 0.0240 e. The summed E-state index contributed by atoms with van der Waals surface area (Å²) in [4.78, 5) is 2.57. The van der Waals surface area contributed by atoms with Crippen molar-refractivity contribution in [1.82, 2.24) is 10.2 Å². The number of benzene rings is 2. The quantitative estimate of drug-likeness (QED) is 0.897. The molecule has 0 aliphatic carbocycles. The molecule has 1 N–H and O–H groups in total. The predicted octanol–water partition coefficient (Wildman–Crippen LogP) is 3.80. The minimum absolute atomic E-state index is 0.675. The largest absolute Gasteiger partial charge is 0.313 e. The van der Waals surface area contributed by atoms with Gasteiger partial charge in [0.05, 0.1) is 0 Å². The number of fused-ring (bicyclic) bond motifs is 1. The highest BCUT2D eigenvalue weighted by molar-refractivity contribution is 5.85. The van der Waals surface area contributed by atoms with Crippen LogP contribution in [0, 0.1) is 0 Å². The van der Waals surface area contributed by atoms with Crippen molar-refractivity contribution in [2.45, 2.75) is 38.8 Å². The zero-order valence-electron chi connectivity index (χ0n) is 13.0. The normalized spacial score (nSPS) is 19.2. The van der Waals surface area contributed by atoms with Crippen molar-refractivity contribution in [3.05, 3.63) is 48.0 Å². The van der Waals surface area contributed by atoms with Gasteiger partial charge in [0.1, 0.15) is 0 Å². The summed E-state index contributed by atoms with van der Waals surface area (Å²) in [5.74, 6) is 0. The molecule has 1 aliphatic rings. The summed E-state index contributed by atoms with van der Waals surface area (Å²) < 4.78 is 0. The number of nitrogens with one attached hydrogen (secondary N) is 1. The molecule has 2 nitrogen and oxygen atoms in total. The van der Waals surface area contributed by atoms with Crippen LogP contribution >= 0.6 is 0 Å². The van der Waals surface area contributed by atoms with Crippen LogP contribution in [0.15, 0.2) is 42.5 Å². The molecule has 3 rings (SSSR count). The Hall–Kier alpha value is -1.38. The first kappa shape index (κ1) is 14.6. The smallest absolute Gasteiger partial charge is 0.0240 e. The van der Waals surface area contributed by atoms with Crippen molar-refractivity contribution in [2.75, 3.05) is 19.6 Å². The Balaban J connectivity index is 1.72. The second-order valence-corrected chi connectivity index (χ2v) is 6.11. The van der Waals surface area contributed by atoms with Gasteiger partial charge in [0.25, 0.3) is 0 Å². The Labute approximate surface area is 128 Å². The van der Waals surface area contributed by atoms with Crippen LogP contribution in [-0.2, 0) is 6.54 Å². The first-order valence-electron chi connectivity index (χ1n) is 8.29. The van der Waals surface area contributed by atoms with Crippen LogP contribution in [0.5, 0.6) is 0 Å². The lowest BCUT2D eigenvalue weighted by Crippen LogP contribution is -2.43. The minimum Gasteiger partial charge on any atom is -0.313 e. The second-order valence-electron chi connectivity index (χ2n) is 6.11. The summed E-state index contributed by atoms with van der Waals surface area (Å²) in [6, 6.07) is 16.1. The van der Waals surface area contributed by atoms with E-state index in [0.717, 1.165) is 13.1 Å². The molecule has 2 aromatic carbocycles. The van der Waals surface area contributed by atoms with Gasteiger partial charge in [0, 0.05) is 19.1 Å². The van der Waals surface area contributed by atoms with Gasteiger partial charge in [-0.15, -0.1) is 0 Å². The average molecular weight is 282 g/mol. The number of likely N-dealkylation sites (N-methyl/N-ethyl adjacent to an activating group) is 1. The third-order valence-electron chi connectivity index (χ3n) is 4.61. The van der Waals surface area contributed by atoms with Gasteiger partial charge in [-0.05, 0) is 42.3 Å². The third-order valence-corrected chi connectivity index (χ3v) is 4.61. The van der Waals surface area contributed by atoms with E-state index in [0.29, 0.717) is 6.04 Å². The Morgan fingerprint density at radius 2 is 1.95 bits per heavy atom. The molecule has 21 heavy (non-hydrogen) atoms. The van der Waals surface area contributed by atoms with Gasteiger partial charge in [-0.3, -0.25) is 4.90 Å². The Kier molecular flexibility index (Phi) is 4.89. The van der Waals surface area contributed by atoms with Crippen LogP contribution in [0.1, 0.15) is 31.7 Å². The number of piperidine rings is 1. The molecular formula is C19H26N2. The summed E-state index contributed by atoms with van der Waals surface area (Å²) in [5, 5.41) is 6.41. The SMILES string of the molecule is CCN(Cc1cccc2ccccc12)CC1CCCCN1. The fraction of sp³-hybridized carbons (Fsp3) is 0.474. The summed E-state index contributed by atoms with van der Waals surface area (Å²) in [6.07, 6.45) is 4.04. The Morgan fingerprint density at radius 1 is 1.10 bits per heavy atom. The van der Waals surface area contributed by atoms with Gasteiger partial charge in [-0.25, -0.2) is 0 Å². The average Bonchev–Trinajstić information content (AvgIpc) is 2.55. The van der Waals surface area contributed by atoms with Crippen molar-refractivity contribution in [1.29, 1.82) is 0 Å². The molecule has 0 saturated carbocycles. The first-order valence-corrected chi connectivity index (χ1v) is 8.29. The molecule has 0 spiro atoms. The summed E-state index contributed by atoms with van der Waals surface area (Å²) in [7, 11) is 0. The highest BCUT2D eigenvalue weighted by Crippen LogP contribution is 2.20. The molecule has 112 valence electrons. The van der Waals surface area contributed by atoms with Crippen molar-refractivity contribution in [2.24, 2.45) is 0 Å². The molecule has 0 amide bonds. The molecule has 1 unspecified atom stereocenters. The molecule has 0 bridgehead atoms. The highest BCUT2D eigenvalue weighted by atomic mass is 15.1. The van der Waals surface area contributed by atoms with E-state index in [4.69, 9.17) is 0 Å². The van der Waals surface area contributed by atoms with Crippen molar-refractivity contribution in [3.63, 3.8) is 0 Å². The molecule has 1 saturated heterocycles. The number of hydrogen-bond donors (Lipinski definition) is 1. The fourth-order valence-corrected chi connectivity index (χ4v) is 3.37. The van der Waals surface area contributed by atoms with Crippen LogP contribution in [0.3, 0.4) is 0 Å². The number of hydrogen-bond acceptors (Lipinski definition) is 2. The van der Waals surface area contributed by atoms with Gasteiger partial charge in [-0.2, -0.15) is 0 Å². The molecule has 1 fully saturated rings. The Morgan fingerprint density at radius 3 is 2.76 bits per heavy atom. The summed E-state index contributed by atoms with van der Waals surface area (Å²) in [5.41, 5.74) is 1.45. The van der Waals surface area contributed by atoms with Gasteiger partial charge < -0.3 is 5.32 Å². The molecule has 2 heteroatoms. The molecule has 0 aromatic heterocycles. The number of rotatable bonds is 5. The lowest BCUT2D eigenvalue weighted by atomic mass is 10.0. The maximum absolute atomic E-state index is 3.67. The second kappa shape index (κ2) is 7.06. The van der Waals surface area contributed by atoms with E-state index in [1.54, 1.807) is 0 Å². The number of nitrogens with zero attached hydrogens (tertiary/aromatic N) is 1. The topological polar surface area (TPSA) is 15.3 Å². The highest BCUT2D eigenvalue weighted by Gasteiger charge is 2.16. The van der Waals surface area contributed by atoms with Crippen molar-refractivity contribution in [3.8, 4) is 0 Å². The fourth-order valence-electron chi connectivity index (χ4n) is 3.37. The van der Waals surface area contributed by atoms with E-state index >= 15 is 0 Å². The van der Waals surface area contributed by atoms with E-state index < -0.39 is 0 Å². The maximum atomic E-state index is 3.67. The summed E-state index contributed by atoms with van der Waals surface area (Å²) in [6.45, 7) is 6.79. The van der Waals surface area contributed by atoms with E-state index in [-0.39, 0.29) is 0 Å². The summed E-state index contributed by atoms with van der Waals surface area (Å²) >= 11 is 0. The monoisotopic (exact) mass is 282 g/mol. The Bertz CT molecular complexity index is 567. The molecule has 0 radical (unpaired) electrons. The van der Waals surface area contributed by atoms with Crippen LogP contribution in [-0.4, -0.2) is 30.6 Å². The zero-order valence-corrected chi connectivity index (χ0v) is 13.0. The first-order chi connectivity index (χ1) is 10.4. The van der Waals surface area contributed by atoms with Crippen LogP contribution < -0.4 is 5.32 Å². The van der Waals surface area contributed by atoms with Gasteiger partial charge in [0.2, 0.25) is 0 Å². The minimum atomic E-state index is 0.675. The van der Waals surface area contributed by atoms with Gasteiger partial charge >= 0.3 is 0 Å². The van der Waals surface area contributed by atoms with Gasteiger partial charge in [0.15, 0.2) is 0 Å². The predicted molar refractivity (Wildman–Crippen MR) is 90.5 cm³/mol. The molecular weight excluding hydrogens is 256 g/mol. The molecule has 1 aliphatic heterocycles. The van der Waals surface area contributed by atoms with Gasteiger partial charge in [-0.1, -0.05) is 55.8 Å². The van der Waals surface area contributed by atoms with E-state index in [1.165, 1.54) is 48.7 Å². The van der Waals surface area contributed by atoms with Crippen LogP contribution in [0.2, 0.25) is 0 Å². The van der Waals surface area contributed by atoms with Crippen molar-refractivity contribution >= 4 is 10.8 Å². The lowest BCUT2D eigenvalue weighted by molar-refractivity contribution is 0.227. The zero-order chi connectivity index (χ0) is 14.5. The van der Waals surface area contributed by atoms with Crippen molar-refractivity contribution < 1.29 is 0 Å². The van der Waals surface area contributed by atoms with Crippen LogP contribution in [0.4, 0.5) is 0 Å². The molecule has 2 aromatic rings. The molecule has 1 heterocycles. The van der Waals surface area contributed by atoms with E-state index in [2.05, 4.69) is 59.6 Å². The lowest BCUT2D eigenvalue weighted by Gasteiger charge is -2.30.